The normalized spacial score (nSPS) is 23.4. The quantitative estimate of drug-likeness (QED) is 0.633. The van der Waals surface area contributed by atoms with Gasteiger partial charge in [-0.25, -0.2) is 0 Å². The fraction of sp³-hybridized carbons (Fsp3) is 0.636. The molecular weight excluding hydrogens is 252 g/mol. The van der Waals surface area contributed by atoms with Crippen molar-refractivity contribution >= 4 is 11.6 Å². The maximum atomic E-state index is 12.3. The molecule has 0 aromatic carbocycles. The van der Waals surface area contributed by atoms with E-state index in [1.54, 1.807) is 4.90 Å². The molecule has 1 amide bonds. The van der Waals surface area contributed by atoms with Gasteiger partial charge in [0.2, 0.25) is 5.69 Å². The van der Waals surface area contributed by atoms with Crippen LogP contribution in [0.2, 0.25) is 0 Å². The van der Waals surface area contributed by atoms with Gasteiger partial charge in [0, 0.05) is 13.1 Å². The molecule has 2 rings (SSSR count). The Morgan fingerprint density at radius 2 is 2.05 bits per heavy atom. The van der Waals surface area contributed by atoms with Gasteiger partial charge in [-0.3, -0.25) is 20.0 Å². The topological polar surface area (TPSA) is 101 Å². The molecule has 104 valence electrons. The number of rotatable bonds is 2. The number of nitro groups is 1. The molecule has 8 heteroatoms. The van der Waals surface area contributed by atoms with Gasteiger partial charge >= 0.3 is 5.69 Å². The first-order chi connectivity index (χ1) is 8.90. The summed E-state index contributed by atoms with van der Waals surface area (Å²) in [5.41, 5.74) is -0.108. The predicted molar refractivity (Wildman–Crippen MR) is 65.9 cm³/mol. The van der Waals surface area contributed by atoms with Crippen LogP contribution in [0.5, 0.6) is 0 Å². The lowest BCUT2D eigenvalue weighted by Crippen LogP contribution is -2.48. The molecule has 0 aliphatic carbocycles. The molecule has 0 saturated carbocycles. The molecular formula is C11H16N4O4. The van der Waals surface area contributed by atoms with Gasteiger partial charge in [-0.05, 0) is 20.8 Å². The van der Waals surface area contributed by atoms with Gasteiger partial charge < -0.3 is 9.64 Å². The highest BCUT2D eigenvalue weighted by Gasteiger charge is 2.33. The number of nitrogens with zero attached hydrogens (tertiary/aromatic N) is 3. The third-order valence-corrected chi connectivity index (χ3v) is 3.01. The van der Waals surface area contributed by atoms with Crippen molar-refractivity contribution in [3.8, 4) is 0 Å². The Balaban J connectivity index is 2.27. The first-order valence-electron chi connectivity index (χ1n) is 6.04. The summed E-state index contributed by atoms with van der Waals surface area (Å²) in [7, 11) is 0. The van der Waals surface area contributed by atoms with E-state index in [2.05, 4.69) is 10.2 Å². The van der Waals surface area contributed by atoms with E-state index in [-0.39, 0.29) is 29.3 Å². The molecule has 0 bridgehead atoms. The summed E-state index contributed by atoms with van der Waals surface area (Å²) in [4.78, 5) is 24.2. The van der Waals surface area contributed by atoms with Crippen LogP contribution in [0.1, 0.15) is 30.0 Å². The van der Waals surface area contributed by atoms with E-state index in [0.29, 0.717) is 13.1 Å². The Labute approximate surface area is 109 Å². The van der Waals surface area contributed by atoms with Gasteiger partial charge in [-0.2, -0.15) is 5.10 Å². The fourth-order valence-corrected chi connectivity index (χ4v) is 2.29. The number of carbonyl (C=O) groups is 1. The Morgan fingerprint density at radius 1 is 1.47 bits per heavy atom. The first kappa shape index (κ1) is 13.5. The van der Waals surface area contributed by atoms with Crippen LogP contribution in [0.15, 0.2) is 0 Å². The largest absolute Gasteiger partial charge is 0.372 e. The van der Waals surface area contributed by atoms with E-state index in [9.17, 15) is 14.9 Å². The van der Waals surface area contributed by atoms with Gasteiger partial charge in [0.15, 0.2) is 0 Å². The van der Waals surface area contributed by atoms with Crippen molar-refractivity contribution in [1.29, 1.82) is 0 Å². The van der Waals surface area contributed by atoms with E-state index >= 15 is 0 Å². The molecule has 8 nitrogen and oxygen atoms in total. The minimum Gasteiger partial charge on any atom is -0.372 e. The van der Waals surface area contributed by atoms with Gasteiger partial charge in [0.25, 0.3) is 5.91 Å². The molecule has 1 aliphatic heterocycles. The van der Waals surface area contributed by atoms with Crippen molar-refractivity contribution < 1.29 is 14.5 Å². The number of hydrogen-bond donors (Lipinski definition) is 1. The molecule has 1 fully saturated rings. The number of hydrogen-bond acceptors (Lipinski definition) is 5. The third-order valence-electron chi connectivity index (χ3n) is 3.01. The minimum atomic E-state index is -0.584. The lowest BCUT2D eigenvalue weighted by molar-refractivity contribution is -0.385. The number of morpholine rings is 1. The van der Waals surface area contributed by atoms with Crippen LogP contribution in [0.4, 0.5) is 5.69 Å². The summed E-state index contributed by atoms with van der Waals surface area (Å²) in [6.07, 6.45) is -0.182. The van der Waals surface area contributed by atoms with E-state index in [4.69, 9.17) is 4.74 Å². The summed E-state index contributed by atoms with van der Waals surface area (Å²) in [6.45, 7) is 6.06. The van der Waals surface area contributed by atoms with E-state index < -0.39 is 10.8 Å². The number of carbonyl (C=O) groups excluding carboxylic acids is 1. The molecule has 1 aromatic heterocycles. The van der Waals surface area contributed by atoms with Crippen LogP contribution in [0.25, 0.3) is 0 Å². The van der Waals surface area contributed by atoms with Gasteiger partial charge in [0.05, 0.1) is 17.1 Å². The summed E-state index contributed by atoms with van der Waals surface area (Å²) in [5.74, 6) is -0.432. The zero-order chi connectivity index (χ0) is 14.2. The molecule has 1 N–H and O–H groups in total. The summed E-state index contributed by atoms with van der Waals surface area (Å²) < 4.78 is 5.53. The van der Waals surface area contributed by atoms with Crippen molar-refractivity contribution in [1.82, 2.24) is 15.1 Å². The zero-order valence-electron chi connectivity index (χ0n) is 11.0. The second kappa shape index (κ2) is 4.96. The Hall–Kier alpha value is -1.96. The Kier molecular flexibility index (Phi) is 3.52. The highest BCUT2D eigenvalue weighted by molar-refractivity contribution is 5.96. The molecule has 0 unspecified atom stereocenters. The smallest absolute Gasteiger partial charge is 0.322 e. The number of nitrogens with one attached hydrogen (secondary N) is 1. The minimum absolute atomic E-state index is 0.0909. The lowest BCUT2D eigenvalue weighted by Gasteiger charge is -2.34. The van der Waals surface area contributed by atoms with Crippen LogP contribution in [0, 0.1) is 17.0 Å². The number of ether oxygens (including phenoxy) is 1. The van der Waals surface area contributed by atoms with Crippen LogP contribution < -0.4 is 0 Å². The molecule has 0 radical (unpaired) electrons. The van der Waals surface area contributed by atoms with E-state index in [1.807, 2.05) is 13.8 Å². The average molecular weight is 268 g/mol. The van der Waals surface area contributed by atoms with Crippen molar-refractivity contribution in [3.05, 3.63) is 21.5 Å². The van der Waals surface area contributed by atoms with Crippen molar-refractivity contribution in [2.75, 3.05) is 13.1 Å². The van der Waals surface area contributed by atoms with Gasteiger partial charge in [0.1, 0.15) is 5.69 Å². The zero-order valence-corrected chi connectivity index (χ0v) is 11.0. The van der Waals surface area contributed by atoms with Crippen LogP contribution in [-0.2, 0) is 4.74 Å². The van der Waals surface area contributed by atoms with Crippen LogP contribution in [-0.4, -0.2) is 51.2 Å². The number of amides is 1. The lowest BCUT2D eigenvalue weighted by atomic mass is 10.2. The number of aromatic nitrogens is 2. The first-order valence-corrected chi connectivity index (χ1v) is 6.04. The fourth-order valence-electron chi connectivity index (χ4n) is 2.29. The van der Waals surface area contributed by atoms with Gasteiger partial charge in [-0.1, -0.05) is 0 Å². The Bertz CT molecular complexity index is 503. The molecule has 1 aromatic rings. The second-order valence-electron chi connectivity index (χ2n) is 4.77. The van der Waals surface area contributed by atoms with Crippen LogP contribution >= 0.6 is 0 Å². The number of H-pyrrole nitrogens is 1. The second-order valence-corrected chi connectivity index (χ2v) is 4.77. The third kappa shape index (κ3) is 2.58. The van der Waals surface area contributed by atoms with E-state index in [0.717, 1.165) is 0 Å². The Morgan fingerprint density at radius 3 is 2.58 bits per heavy atom. The van der Waals surface area contributed by atoms with Crippen molar-refractivity contribution in [2.24, 2.45) is 0 Å². The molecule has 1 saturated heterocycles. The van der Waals surface area contributed by atoms with Crippen LogP contribution in [0.3, 0.4) is 0 Å². The average Bonchev–Trinajstić information content (AvgIpc) is 2.68. The highest BCUT2D eigenvalue weighted by Crippen LogP contribution is 2.23. The molecule has 2 atom stereocenters. The predicted octanol–water partition coefficient (Wildman–Crippen LogP) is 0.876. The maximum absolute atomic E-state index is 12.3. The highest BCUT2D eigenvalue weighted by atomic mass is 16.6. The van der Waals surface area contributed by atoms with Crippen molar-refractivity contribution in [2.45, 2.75) is 33.0 Å². The number of aryl methyl sites for hydroxylation is 1. The SMILES string of the molecule is Cc1[nH]nc(C(=O)N2C[C@H](C)O[C@@H](C)C2)c1[N+](=O)[O-]. The standard InChI is InChI=1S/C11H16N4O4/c1-6-4-14(5-7(2)19-6)11(16)9-10(15(17)18)8(3)12-13-9/h6-7H,4-5H2,1-3H3,(H,12,13)/t6-,7-/m0/s1. The van der Waals surface area contributed by atoms with Crippen molar-refractivity contribution in [3.63, 3.8) is 0 Å². The van der Waals surface area contributed by atoms with Gasteiger partial charge in [-0.15, -0.1) is 0 Å². The summed E-state index contributed by atoms with van der Waals surface area (Å²) >= 11 is 0. The number of aromatic amines is 1. The molecule has 2 heterocycles. The molecule has 1 aliphatic rings. The molecule has 0 spiro atoms. The monoisotopic (exact) mass is 268 g/mol. The maximum Gasteiger partial charge on any atom is 0.322 e. The van der Waals surface area contributed by atoms with E-state index in [1.165, 1.54) is 6.92 Å². The summed E-state index contributed by atoms with van der Waals surface area (Å²) in [5, 5.41) is 17.2. The summed E-state index contributed by atoms with van der Waals surface area (Å²) in [6, 6.07) is 0. The molecule has 19 heavy (non-hydrogen) atoms.